The van der Waals surface area contributed by atoms with Crippen LogP contribution in [0.5, 0.6) is 0 Å². The molecule has 0 aromatic carbocycles. The minimum atomic E-state index is -0.934. The molecule has 0 aliphatic heterocycles. The molecule has 1 atom stereocenters. The second-order valence-electron chi connectivity index (χ2n) is 4.25. The quantitative estimate of drug-likeness (QED) is 0.337. The molecule has 20 heavy (non-hydrogen) atoms. The normalized spacial score (nSPS) is 11.1. The molecule has 0 rings (SSSR count). The summed E-state index contributed by atoms with van der Waals surface area (Å²) < 4.78 is 0. The maximum absolute atomic E-state index is 11.7. The number of likely N-dealkylation sites (N-methyl/N-ethyl adjacent to an activating group) is 1. The second kappa shape index (κ2) is 12.4. The fourth-order valence-corrected chi connectivity index (χ4v) is 1.56. The molecule has 7 nitrogen and oxygen atoms in total. The molecule has 0 fully saturated rings. The molecular weight excluding hydrogens is 265 g/mol. The van der Waals surface area contributed by atoms with Crippen molar-refractivity contribution in [3.8, 4) is 0 Å². The number of aliphatic carboxylic acids is 1. The summed E-state index contributed by atoms with van der Waals surface area (Å²) in [5.41, 5.74) is 0. The number of carbonyl (C=O) groups excluding carboxylic acids is 2. The van der Waals surface area contributed by atoms with E-state index in [9.17, 15) is 14.4 Å². The smallest absolute Gasteiger partial charge is 0.305 e. The Labute approximate surface area is 120 Å². The Bertz CT molecular complexity index is 308. The van der Waals surface area contributed by atoms with Gasteiger partial charge in [0.25, 0.3) is 0 Å². The summed E-state index contributed by atoms with van der Waals surface area (Å²) in [5, 5.41) is 16.6. The van der Waals surface area contributed by atoms with Gasteiger partial charge in [0, 0.05) is 20.0 Å². The van der Waals surface area contributed by atoms with E-state index >= 15 is 0 Å². The zero-order chi connectivity index (χ0) is 14.7. The maximum atomic E-state index is 11.7. The van der Waals surface area contributed by atoms with Gasteiger partial charge in [0.2, 0.25) is 11.8 Å². The maximum Gasteiger partial charge on any atom is 0.305 e. The SMILES string of the molecule is C[13C](=O)NCCCCC(N[13CH3])C(=O)NCCC(=O)O.[13CH4]. The van der Waals surface area contributed by atoms with Crippen molar-refractivity contribution in [3.63, 3.8) is 0 Å². The predicted octanol–water partition coefficient (Wildman–Crippen LogP) is 0.108. The van der Waals surface area contributed by atoms with E-state index in [1.54, 1.807) is 7.05 Å². The molecule has 0 bridgehead atoms. The van der Waals surface area contributed by atoms with Crippen LogP contribution < -0.4 is 16.0 Å². The van der Waals surface area contributed by atoms with Crippen molar-refractivity contribution < 1.29 is 19.5 Å². The lowest BCUT2D eigenvalue weighted by molar-refractivity contribution is -0.137. The van der Waals surface area contributed by atoms with E-state index in [0.717, 1.165) is 12.8 Å². The van der Waals surface area contributed by atoms with Gasteiger partial charge < -0.3 is 21.1 Å². The fourth-order valence-electron chi connectivity index (χ4n) is 1.56. The van der Waals surface area contributed by atoms with Gasteiger partial charge in [-0.25, -0.2) is 0 Å². The second-order valence-corrected chi connectivity index (χ2v) is 4.25. The molecule has 0 aromatic rings. The van der Waals surface area contributed by atoms with Crippen molar-refractivity contribution >= 4 is 17.8 Å². The van der Waals surface area contributed by atoms with Crippen molar-refractivity contribution in [2.75, 3.05) is 20.1 Å². The third kappa shape index (κ3) is 11.5. The average Bonchev–Trinajstić information content (AvgIpc) is 2.32. The van der Waals surface area contributed by atoms with Gasteiger partial charge in [-0.3, -0.25) is 14.4 Å². The van der Waals surface area contributed by atoms with E-state index in [0.29, 0.717) is 13.0 Å². The molecule has 0 saturated carbocycles. The summed E-state index contributed by atoms with van der Waals surface area (Å²) in [7, 11) is 1.69. The summed E-state index contributed by atoms with van der Waals surface area (Å²) in [4.78, 5) is 32.7. The van der Waals surface area contributed by atoms with Crippen molar-refractivity contribution in [2.24, 2.45) is 0 Å². The van der Waals surface area contributed by atoms with E-state index in [1.165, 1.54) is 6.92 Å². The van der Waals surface area contributed by atoms with Crippen molar-refractivity contribution in [3.05, 3.63) is 0 Å². The Balaban J connectivity index is 0. The van der Waals surface area contributed by atoms with Gasteiger partial charge in [0.1, 0.15) is 0 Å². The predicted molar refractivity (Wildman–Crippen MR) is 77.4 cm³/mol. The van der Waals surface area contributed by atoms with Crippen LogP contribution in [-0.4, -0.2) is 49.1 Å². The van der Waals surface area contributed by atoms with E-state index in [4.69, 9.17) is 5.11 Å². The number of hydrogen-bond acceptors (Lipinski definition) is 4. The molecule has 0 saturated heterocycles. The lowest BCUT2D eigenvalue weighted by Crippen LogP contribution is -2.43. The van der Waals surface area contributed by atoms with Gasteiger partial charge in [-0.05, 0) is 26.3 Å². The summed E-state index contributed by atoms with van der Waals surface area (Å²) >= 11 is 0. The lowest BCUT2D eigenvalue weighted by Gasteiger charge is -2.15. The number of amides is 2. The summed E-state index contributed by atoms with van der Waals surface area (Å²) in [6.07, 6.45) is 2.18. The van der Waals surface area contributed by atoms with Gasteiger partial charge in [-0.2, -0.15) is 0 Å². The molecule has 0 radical (unpaired) electrons. The molecule has 0 aliphatic carbocycles. The zero-order valence-electron chi connectivity index (χ0n) is 11.5. The van der Waals surface area contributed by atoms with Crippen molar-refractivity contribution in [1.82, 2.24) is 16.0 Å². The Morgan fingerprint density at radius 3 is 2.25 bits per heavy atom. The molecule has 118 valence electrons. The standard InChI is InChI=1S/C12H23N3O4.CH4/c1-9(16)14-7-4-3-5-10(13-2)12(19)15-8-6-11(17)18;/h10,13H,3-8H2,1-2H3,(H,14,16)(H,15,19)(H,17,18);1H4/i2+1,9+1;1+1. The van der Waals surface area contributed by atoms with E-state index in [1.807, 2.05) is 0 Å². The first-order chi connectivity index (χ1) is 8.97. The monoisotopic (exact) mass is 292 g/mol. The number of rotatable bonds is 10. The summed E-state index contributed by atoms with van der Waals surface area (Å²) in [5.74, 6) is -1.18. The highest BCUT2D eigenvalue weighted by Gasteiger charge is 2.15. The molecule has 0 heterocycles. The minimum absolute atomic E-state index is 0. The molecule has 0 aromatic heterocycles. The molecule has 1 unspecified atom stereocenters. The van der Waals surface area contributed by atoms with Crippen LogP contribution in [0.1, 0.15) is 40.0 Å². The molecular formula is C13H27N3O4. The minimum Gasteiger partial charge on any atom is -0.481 e. The Morgan fingerprint density at radius 1 is 1.10 bits per heavy atom. The van der Waals surface area contributed by atoms with Crippen LogP contribution in [0.3, 0.4) is 0 Å². The van der Waals surface area contributed by atoms with E-state index in [2.05, 4.69) is 16.0 Å². The van der Waals surface area contributed by atoms with E-state index < -0.39 is 5.97 Å². The Hall–Kier alpha value is -1.63. The van der Waals surface area contributed by atoms with Crippen LogP contribution >= 0.6 is 0 Å². The largest absolute Gasteiger partial charge is 0.481 e. The van der Waals surface area contributed by atoms with E-state index in [-0.39, 0.29) is 38.2 Å². The third-order valence-corrected chi connectivity index (χ3v) is 2.60. The van der Waals surface area contributed by atoms with Crippen LogP contribution in [0.2, 0.25) is 0 Å². The van der Waals surface area contributed by atoms with Crippen LogP contribution in [0, 0.1) is 0 Å². The average molecular weight is 292 g/mol. The summed E-state index contributed by atoms with van der Waals surface area (Å²) in [6.45, 7) is 2.21. The first-order valence-electron chi connectivity index (χ1n) is 6.38. The molecule has 2 amide bonds. The summed E-state index contributed by atoms with van der Waals surface area (Å²) in [6, 6.07) is -0.328. The first-order valence-corrected chi connectivity index (χ1v) is 6.38. The van der Waals surface area contributed by atoms with Crippen molar-refractivity contribution in [2.45, 2.75) is 46.1 Å². The zero-order valence-corrected chi connectivity index (χ0v) is 11.5. The first kappa shape index (κ1) is 20.7. The van der Waals surface area contributed by atoms with Gasteiger partial charge in [0.05, 0.1) is 12.5 Å². The highest BCUT2D eigenvalue weighted by Crippen LogP contribution is 2.00. The van der Waals surface area contributed by atoms with Crippen LogP contribution in [0.25, 0.3) is 0 Å². The number of carboxylic acids is 1. The lowest BCUT2D eigenvalue weighted by atomic mass is 10.1. The number of unbranched alkanes of at least 4 members (excludes halogenated alkanes) is 1. The Morgan fingerprint density at radius 2 is 1.75 bits per heavy atom. The highest BCUT2D eigenvalue weighted by molar-refractivity contribution is 5.82. The fraction of sp³-hybridized carbons (Fsp3) is 0.769. The topological polar surface area (TPSA) is 108 Å². The van der Waals surface area contributed by atoms with Gasteiger partial charge >= 0.3 is 5.97 Å². The highest BCUT2D eigenvalue weighted by atomic mass is 16.4. The molecule has 7 heteroatoms. The van der Waals surface area contributed by atoms with Crippen LogP contribution in [-0.2, 0) is 14.4 Å². The number of carboxylic acid groups (broad SMARTS) is 1. The number of hydrogen-bond donors (Lipinski definition) is 4. The van der Waals surface area contributed by atoms with Crippen molar-refractivity contribution in [1.29, 1.82) is 0 Å². The van der Waals surface area contributed by atoms with Gasteiger partial charge in [-0.1, -0.05) is 7.43 Å². The van der Waals surface area contributed by atoms with Gasteiger partial charge in [-0.15, -0.1) is 0 Å². The number of carbonyl (C=O) groups is 3. The Kier molecular flexibility index (Phi) is 12.8. The molecule has 0 aliphatic rings. The molecule has 4 N–H and O–H groups in total. The molecule has 0 spiro atoms. The van der Waals surface area contributed by atoms with Crippen LogP contribution in [0.15, 0.2) is 0 Å². The van der Waals surface area contributed by atoms with Crippen LogP contribution in [0.4, 0.5) is 0 Å². The van der Waals surface area contributed by atoms with Gasteiger partial charge in [0.15, 0.2) is 0 Å². The number of nitrogens with one attached hydrogen (secondary N) is 3. The third-order valence-electron chi connectivity index (χ3n) is 2.60.